The molecule has 0 unspecified atom stereocenters. The van der Waals surface area contributed by atoms with Crippen molar-refractivity contribution < 1.29 is 9.59 Å². The van der Waals surface area contributed by atoms with E-state index in [0.717, 1.165) is 23.4 Å². The second-order valence-corrected chi connectivity index (χ2v) is 8.27. The number of benzene rings is 2. The number of amides is 2. The molecule has 0 spiro atoms. The molecule has 2 amide bonds. The van der Waals surface area contributed by atoms with Gasteiger partial charge in [-0.3, -0.25) is 14.5 Å². The number of hydrogen-bond donors (Lipinski definition) is 0. The Bertz CT molecular complexity index is 1100. The second kappa shape index (κ2) is 7.33. The van der Waals surface area contributed by atoms with Gasteiger partial charge in [-0.2, -0.15) is 0 Å². The van der Waals surface area contributed by atoms with Crippen LogP contribution in [0.5, 0.6) is 0 Å². The van der Waals surface area contributed by atoms with Crippen molar-refractivity contribution in [2.24, 2.45) is 0 Å². The van der Waals surface area contributed by atoms with Crippen molar-refractivity contribution in [3.05, 3.63) is 99.4 Å². The Balaban J connectivity index is 1.53. The molecule has 144 valence electrons. The van der Waals surface area contributed by atoms with Crippen molar-refractivity contribution >= 4 is 28.7 Å². The first-order valence-corrected chi connectivity index (χ1v) is 10.6. The van der Waals surface area contributed by atoms with Crippen LogP contribution in [0.15, 0.2) is 77.8 Å². The van der Waals surface area contributed by atoms with Crippen LogP contribution in [0.3, 0.4) is 0 Å². The molecular formula is C24H20N2O2S. The summed E-state index contributed by atoms with van der Waals surface area (Å²) in [5.41, 5.74) is 4.58. The fourth-order valence-electron chi connectivity index (χ4n) is 4.10. The lowest BCUT2D eigenvalue weighted by atomic mass is 9.99. The number of rotatable bonds is 4. The van der Waals surface area contributed by atoms with Crippen molar-refractivity contribution in [2.75, 3.05) is 6.54 Å². The van der Waals surface area contributed by atoms with Crippen molar-refractivity contribution in [3.8, 4) is 0 Å². The van der Waals surface area contributed by atoms with E-state index in [1.807, 2.05) is 53.9 Å². The zero-order valence-corrected chi connectivity index (χ0v) is 16.7. The Hall–Kier alpha value is -3.18. The van der Waals surface area contributed by atoms with Crippen molar-refractivity contribution in [1.82, 2.24) is 9.80 Å². The Morgan fingerprint density at radius 2 is 1.59 bits per heavy atom. The SMILES string of the molecule is O=C1C(c2cccs2)=C(N2CCc3ccccc3C2)C(=O)N1Cc1ccccc1. The van der Waals surface area contributed by atoms with E-state index >= 15 is 0 Å². The maximum absolute atomic E-state index is 13.4. The van der Waals surface area contributed by atoms with Crippen molar-refractivity contribution in [2.45, 2.75) is 19.5 Å². The summed E-state index contributed by atoms with van der Waals surface area (Å²) in [5, 5.41) is 1.95. The molecule has 29 heavy (non-hydrogen) atoms. The minimum atomic E-state index is -0.199. The van der Waals surface area contributed by atoms with Gasteiger partial charge in [0.1, 0.15) is 5.70 Å². The predicted molar refractivity (Wildman–Crippen MR) is 114 cm³/mol. The molecule has 2 aliphatic heterocycles. The maximum atomic E-state index is 13.4. The van der Waals surface area contributed by atoms with E-state index in [-0.39, 0.29) is 11.8 Å². The molecule has 0 aliphatic carbocycles. The van der Waals surface area contributed by atoms with Crippen LogP contribution in [-0.4, -0.2) is 28.2 Å². The van der Waals surface area contributed by atoms with Crippen LogP contribution in [0.1, 0.15) is 21.6 Å². The Kier molecular flexibility index (Phi) is 4.52. The van der Waals surface area contributed by atoms with Gasteiger partial charge >= 0.3 is 0 Å². The van der Waals surface area contributed by atoms with Gasteiger partial charge < -0.3 is 4.90 Å². The highest BCUT2D eigenvalue weighted by Crippen LogP contribution is 2.36. The van der Waals surface area contributed by atoms with Crippen LogP contribution in [0, 0.1) is 0 Å². The molecule has 3 aromatic rings. The summed E-state index contributed by atoms with van der Waals surface area (Å²) < 4.78 is 0. The Labute approximate surface area is 173 Å². The largest absolute Gasteiger partial charge is 0.362 e. The van der Waals surface area contributed by atoms with Gasteiger partial charge in [0.15, 0.2) is 0 Å². The molecule has 0 N–H and O–H groups in total. The molecule has 5 heteroatoms. The molecule has 1 aromatic heterocycles. The quantitative estimate of drug-likeness (QED) is 0.620. The van der Waals surface area contributed by atoms with E-state index in [0.29, 0.717) is 24.4 Å². The highest BCUT2D eigenvalue weighted by Gasteiger charge is 2.42. The topological polar surface area (TPSA) is 40.6 Å². The third-order valence-electron chi connectivity index (χ3n) is 5.54. The van der Waals surface area contributed by atoms with E-state index in [2.05, 4.69) is 23.1 Å². The van der Waals surface area contributed by atoms with Crippen LogP contribution in [0.25, 0.3) is 5.57 Å². The summed E-state index contributed by atoms with van der Waals surface area (Å²) in [4.78, 5) is 31.1. The number of nitrogens with zero attached hydrogens (tertiary/aromatic N) is 2. The fourth-order valence-corrected chi connectivity index (χ4v) is 4.86. The van der Waals surface area contributed by atoms with Crippen LogP contribution < -0.4 is 0 Å². The molecule has 0 radical (unpaired) electrons. The lowest BCUT2D eigenvalue weighted by molar-refractivity contribution is -0.138. The van der Waals surface area contributed by atoms with Crippen molar-refractivity contribution in [1.29, 1.82) is 0 Å². The molecule has 0 atom stereocenters. The highest BCUT2D eigenvalue weighted by molar-refractivity contribution is 7.11. The molecule has 5 rings (SSSR count). The number of hydrogen-bond acceptors (Lipinski definition) is 4. The van der Waals surface area contributed by atoms with Gasteiger partial charge in [-0.15, -0.1) is 11.3 Å². The molecule has 2 aromatic carbocycles. The van der Waals surface area contributed by atoms with E-state index in [4.69, 9.17) is 0 Å². The Morgan fingerprint density at radius 1 is 0.828 bits per heavy atom. The molecule has 0 saturated carbocycles. The monoisotopic (exact) mass is 400 g/mol. The van der Waals surface area contributed by atoms with Gasteiger partial charge in [0.05, 0.1) is 12.1 Å². The van der Waals surface area contributed by atoms with E-state index in [1.165, 1.54) is 27.4 Å². The number of thiophene rings is 1. The maximum Gasteiger partial charge on any atom is 0.278 e. The average molecular weight is 401 g/mol. The first-order valence-electron chi connectivity index (χ1n) is 9.72. The van der Waals surface area contributed by atoms with Gasteiger partial charge in [0.25, 0.3) is 11.8 Å². The predicted octanol–water partition coefficient (Wildman–Crippen LogP) is 4.09. The third-order valence-corrected chi connectivity index (χ3v) is 6.43. The van der Waals surface area contributed by atoms with Gasteiger partial charge in [-0.25, -0.2) is 0 Å². The summed E-state index contributed by atoms with van der Waals surface area (Å²) in [6.45, 7) is 1.68. The zero-order valence-electron chi connectivity index (χ0n) is 15.9. The van der Waals surface area contributed by atoms with Gasteiger partial charge in [0, 0.05) is 18.0 Å². The van der Waals surface area contributed by atoms with Gasteiger partial charge in [-0.05, 0) is 34.6 Å². The van der Waals surface area contributed by atoms with E-state index < -0.39 is 0 Å². The number of carbonyl (C=O) groups is 2. The molecule has 4 nitrogen and oxygen atoms in total. The molecule has 0 fully saturated rings. The van der Waals surface area contributed by atoms with E-state index in [1.54, 1.807) is 0 Å². The summed E-state index contributed by atoms with van der Waals surface area (Å²) in [5.74, 6) is -0.392. The van der Waals surface area contributed by atoms with Gasteiger partial charge in [0.2, 0.25) is 0 Å². The van der Waals surface area contributed by atoms with Crippen LogP contribution in [-0.2, 0) is 29.1 Å². The first kappa shape index (κ1) is 17.9. The van der Waals surface area contributed by atoms with Gasteiger partial charge in [-0.1, -0.05) is 60.7 Å². The van der Waals surface area contributed by atoms with Crippen LogP contribution in [0.2, 0.25) is 0 Å². The van der Waals surface area contributed by atoms with Crippen molar-refractivity contribution in [3.63, 3.8) is 0 Å². The molecule has 2 aliphatic rings. The minimum Gasteiger partial charge on any atom is -0.362 e. The lowest BCUT2D eigenvalue weighted by Gasteiger charge is -2.31. The summed E-state index contributed by atoms with van der Waals surface area (Å²) in [6, 6.07) is 21.9. The average Bonchev–Trinajstić information content (AvgIpc) is 3.37. The zero-order chi connectivity index (χ0) is 19.8. The second-order valence-electron chi connectivity index (χ2n) is 7.32. The normalized spacial score (nSPS) is 16.6. The van der Waals surface area contributed by atoms with E-state index in [9.17, 15) is 9.59 Å². The first-order chi connectivity index (χ1) is 14.2. The Morgan fingerprint density at radius 3 is 2.34 bits per heavy atom. The number of fused-ring (bicyclic) bond motifs is 1. The fraction of sp³-hybridized carbons (Fsp3) is 0.167. The molecule has 0 bridgehead atoms. The molecule has 3 heterocycles. The smallest absolute Gasteiger partial charge is 0.278 e. The molecular weight excluding hydrogens is 380 g/mol. The van der Waals surface area contributed by atoms with Crippen LogP contribution >= 0.6 is 11.3 Å². The molecule has 0 saturated heterocycles. The third kappa shape index (κ3) is 3.17. The summed E-state index contributed by atoms with van der Waals surface area (Å²) in [7, 11) is 0. The van der Waals surface area contributed by atoms with Crippen LogP contribution in [0.4, 0.5) is 0 Å². The lowest BCUT2D eigenvalue weighted by Crippen LogP contribution is -2.37. The number of carbonyl (C=O) groups excluding carboxylic acids is 2. The summed E-state index contributed by atoms with van der Waals surface area (Å²) >= 11 is 1.50. The highest BCUT2D eigenvalue weighted by atomic mass is 32.1. The summed E-state index contributed by atoms with van der Waals surface area (Å²) in [6.07, 6.45) is 0.873. The number of imide groups is 1. The standard InChI is InChI=1S/C24H20N2O2S/c27-23-21(20-11-6-14-29-20)22(24(28)26(23)15-17-7-2-1-3-8-17)25-13-12-18-9-4-5-10-19(18)16-25/h1-11,14H,12-13,15-16H2. The minimum absolute atomic E-state index is 0.193.